The average molecular weight is 157 g/mol. The van der Waals surface area contributed by atoms with Crippen LogP contribution in [0.1, 0.15) is 6.42 Å². The molecule has 0 aliphatic carbocycles. The van der Waals surface area contributed by atoms with E-state index in [1.165, 1.54) is 0 Å². The predicted octanol–water partition coefficient (Wildman–Crippen LogP) is 1.03. The summed E-state index contributed by atoms with van der Waals surface area (Å²) in [5, 5.41) is 0. The average Bonchev–Trinajstić information content (AvgIpc) is 1.61. The number of hydrogen-bond donors (Lipinski definition) is 4. The van der Waals surface area contributed by atoms with Gasteiger partial charge in [0.25, 0.3) is 0 Å². The molecule has 0 rings (SSSR count). The summed E-state index contributed by atoms with van der Waals surface area (Å²) in [6.07, 6.45) is 1.05. The van der Waals surface area contributed by atoms with Crippen LogP contribution in [0.15, 0.2) is 0 Å². The van der Waals surface area contributed by atoms with E-state index in [0.717, 1.165) is 18.7 Å². The lowest BCUT2D eigenvalue weighted by Crippen LogP contribution is -1.99. The Labute approximate surface area is 57.0 Å². The van der Waals surface area contributed by atoms with E-state index in [0.29, 0.717) is 0 Å². The fourth-order valence-electron chi connectivity index (χ4n) is 0.233. The molecule has 2 N–H and O–H groups in total. The second-order valence-corrected chi connectivity index (χ2v) is 6.27. The fraction of sp³-hybridized carbons (Fsp3) is 1.00. The number of rotatable bonds is 3. The van der Waals surface area contributed by atoms with Crippen LogP contribution in [0, 0.1) is 0 Å². The molecule has 0 heterocycles. The molecule has 0 aromatic heterocycles. The van der Waals surface area contributed by atoms with Crippen LogP contribution < -0.4 is 5.73 Å². The van der Waals surface area contributed by atoms with Crippen molar-refractivity contribution >= 4 is 32.3 Å². The summed E-state index contributed by atoms with van der Waals surface area (Å²) in [4.78, 5) is 0. The van der Waals surface area contributed by atoms with Gasteiger partial charge in [0.2, 0.25) is 0 Å². The van der Waals surface area contributed by atoms with E-state index < -0.39 is 0 Å². The summed E-state index contributed by atoms with van der Waals surface area (Å²) >= 11 is 8.21. The van der Waals surface area contributed by atoms with Crippen LogP contribution in [-0.4, -0.2) is 12.3 Å². The summed E-state index contributed by atoms with van der Waals surface area (Å²) in [6.45, 7) is 0.764. The lowest BCUT2D eigenvalue weighted by Gasteiger charge is -2.02. The van der Waals surface area contributed by atoms with Gasteiger partial charge in [-0.15, -0.1) is 23.3 Å². The Kier molecular flexibility index (Phi) is 5.90. The van der Waals surface area contributed by atoms with E-state index in [4.69, 9.17) is 5.73 Å². The first-order valence-corrected chi connectivity index (χ1v) is 5.96. The molecule has 0 atom stereocenters. The lowest BCUT2D eigenvalue weighted by atomic mass is 10.5. The smallest absolute Gasteiger partial charge is 0.00695 e. The van der Waals surface area contributed by atoms with Crippen LogP contribution in [0.5, 0.6) is 0 Å². The molecule has 4 heteroatoms. The molecule has 0 saturated heterocycles. The second-order valence-electron chi connectivity index (χ2n) is 1.24. The predicted molar refractivity (Wildman–Crippen MR) is 45.5 cm³/mol. The third-order valence-electron chi connectivity index (χ3n) is 0.562. The normalized spacial score (nSPS) is 11.6. The second kappa shape index (κ2) is 5.15. The molecule has 7 heavy (non-hydrogen) atoms. The third-order valence-corrected chi connectivity index (χ3v) is 2.48. The fourth-order valence-corrected chi connectivity index (χ4v) is 1.55. The topological polar surface area (TPSA) is 26.0 Å². The Morgan fingerprint density at radius 2 is 2.00 bits per heavy atom. The van der Waals surface area contributed by atoms with Crippen molar-refractivity contribution in [2.75, 3.05) is 12.3 Å². The monoisotopic (exact) mass is 157 g/mol. The first-order chi connectivity index (χ1) is 3.27. The molecule has 46 valence electrons. The maximum Gasteiger partial charge on any atom is -0.00695 e. The van der Waals surface area contributed by atoms with Crippen molar-refractivity contribution in [1.82, 2.24) is 0 Å². The van der Waals surface area contributed by atoms with E-state index >= 15 is 0 Å². The van der Waals surface area contributed by atoms with E-state index in [-0.39, 0.29) is 8.96 Å². The van der Waals surface area contributed by atoms with Crippen molar-refractivity contribution in [2.24, 2.45) is 5.73 Å². The maximum absolute atomic E-state index is 5.22. The summed E-state index contributed by atoms with van der Waals surface area (Å²) in [6, 6.07) is 0. The van der Waals surface area contributed by atoms with Crippen LogP contribution in [-0.2, 0) is 0 Å². The van der Waals surface area contributed by atoms with E-state index in [9.17, 15) is 0 Å². The third kappa shape index (κ3) is 7.01. The number of hydrogen-bond acceptors (Lipinski definition) is 3. The first-order valence-electron chi connectivity index (χ1n) is 2.12. The molecule has 0 aromatic carbocycles. The van der Waals surface area contributed by atoms with Gasteiger partial charge < -0.3 is 5.73 Å². The van der Waals surface area contributed by atoms with Crippen molar-refractivity contribution in [3.63, 3.8) is 0 Å². The molecule has 0 spiro atoms. The van der Waals surface area contributed by atoms with Crippen molar-refractivity contribution in [3.8, 4) is 0 Å². The highest BCUT2D eigenvalue weighted by atomic mass is 33.5. The molecule has 0 amide bonds. The number of nitrogens with two attached hydrogens (primary N) is 1. The van der Waals surface area contributed by atoms with Crippen LogP contribution in [0.3, 0.4) is 0 Å². The van der Waals surface area contributed by atoms with Crippen LogP contribution >= 0.6 is 32.3 Å². The molecule has 0 bridgehead atoms. The molecule has 0 saturated carbocycles. The van der Waals surface area contributed by atoms with E-state index in [2.05, 4.69) is 23.3 Å². The van der Waals surface area contributed by atoms with Gasteiger partial charge in [-0.1, -0.05) is 0 Å². The first kappa shape index (κ1) is 8.01. The van der Waals surface area contributed by atoms with Gasteiger partial charge in [0.05, 0.1) is 0 Å². The zero-order valence-electron chi connectivity index (χ0n) is 4.04. The minimum absolute atomic E-state index is 0.297. The van der Waals surface area contributed by atoms with Crippen molar-refractivity contribution in [1.29, 1.82) is 0 Å². The van der Waals surface area contributed by atoms with Gasteiger partial charge in [0.1, 0.15) is 0 Å². The van der Waals surface area contributed by atoms with Gasteiger partial charge >= 0.3 is 0 Å². The molecule has 1 nitrogen and oxygen atoms in total. The summed E-state index contributed by atoms with van der Waals surface area (Å²) in [5.41, 5.74) is 5.22. The molecule has 0 aliphatic rings. The minimum atomic E-state index is -0.297. The minimum Gasteiger partial charge on any atom is -0.330 e. The van der Waals surface area contributed by atoms with Gasteiger partial charge in [0, 0.05) is 0 Å². The lowest BCUT2D eigenvalue weighted by molar-refractivity contribution is 0.945. The Morgan fingerprint density at radius 3 is 2.14 bits per heavy atom. The Bertz CT molecular complexity index is 39.2. The highest BCUT2D eigenvalue weighted by Gasteiger charge is 1.85. The van der Waals surface area contributed by atoms with Gasteiger partial charge in [-0.3, -0.25) is 0 Å². The molecule has 0 aromatic rings. The van der Waals surface area contributed by atoms with E-state index in [1.54, 1.807) is 0 Å². The van der Waals surface area contributed by atoms with E-state index in [1.807, 2.05) is 0 Å². The van der Waals surface area contributed by atoms with Gasteiger partial charge in [-0.05, 0) is 18.7 Å². The molecule has 0 fully saturated rings. The summed E-state index contributed by atoms with van der Waals surface area (Å²) < 4.78 is 0. The van der Waals surface area contributed by atoms with Crippen LogP contribution in [0.25, 0.3) is 0 Å². The molecule has 0 radical (unpaired) electrons. The van der Waals surface area contributed by atoms with Crippen LogP contribution in [0.2, 0.25) is 0 Å². The van der Waals surface area contributed by atoms with Gasteiger partial charge in [-0.25, -0.2) is 0 Å². The maximum atomic E-state index is 5.22. The van der Waals surface area contributed by atoms with Crippen LogP contribution in [0.4, 0.5) is 0 Å². The van der Waals surface area contributed by atoms with Crippen molar-refractivity contribution < 1.29 is 0 Å². The zero-order chi connectivity index (χ0) is 5.70. The SMILES string of the molecule is NCCC[SH](S)S. The molecular formula is C3H11NS3. The highest BCUT2D eigenvalue weighted by Crippen LogP contribution is 2.34. The van der Waals surface area contributed by atoms with Crippen molar-refractivity contribution in [2.45, 2.75) is 6.42 Å². The number of thiol groups is 3. The zero-order valence-corrected chi connectivity index (χ0v) is 6.72. The highest BCUT2D eigenvalue weighted by molar-refractivity contribution is 9.09. The Balaban J connectivity index is 2.68. The van der Waals surface area contributed by atoms with Gasteiger partial charge in [0.15, 0.2) is 0 Å². The van der Waals surface area contributed by atoms with Gasteiger partial charge in [-0.2, -0.15) is 8.96 Å². The standard InChI is InChI=1S/C3H11NS3/c4-2-1-3-7(5)6/h5-7H,1-4H2. The van der Waals surface area contributed by atoms with Crippen molar-refractivity contribution in [3.05, 3.63) is 0 Å². The summed E-state index contributed by atoms with van der Waals surface area (Å²) in [7, 11) is -0.297. The Morgan fingerprint density at radius 1 is 1.43 bits per heavy atom. The summed E-state index contributed by atoms with van der Waals surface area (Å²) in [5.74, 6) is 1.07. The molecule has 0 aliphatic heterocycles. The molecule has 0 unspecified atom stereocenters. The Hall–Kier alpha value is 1.01. The quantitative estimate of drug-likeness (QED) is 0.357. The molecular weight excluding hydrogens is 146 g/mol. The largest absolute Gasteiger partial charge is 0.330 e.